The Morgan fingerprint density at radius 1 is 1.00 bits per heavy atom. The first-order chi connectivity index (χ1) is 8.96. The van der Waals surface area contributed by atoms with Crippen LogP contribution in [0.15, 0.2) is 29.2 Å². The van der Waals surface area contributed by atoms with Crippen molar-refractivity contribution in [3.05, 3.63) is 29.8 Å². The molecule has 0 unspecified atom stereocenters. The van der Waals surface area contributed by atoms with E-state index < -0.39 is 29.4 Å². The van der Waals surface area contributed by atoms with E-state index in [4.69, 9.17) is 0 Å². The van der Waals surface area contributed by atoms with E-state index >= 15 is 0 Å². The molecule has 0 saturated carbocycles. The topological polar surface area (TPSA) is 17.1 Å². The highest BCUT2D eigenvalue weighted by Gasteiger charge is 2.76. The zero-order valence-corrected chi connectivity index (χ0v) is 10.6. The van der Waals surface area contributed by atoms with Gasteiger partial charge < -0.3 is 0 Å². The molecule has 0 heterocycles. The second-order valence-corrected chi connectivity index (χ2v) is 4.52. The van der Waals surface area contributed by atoms with Crippen LogP contribution in [0.1, 0.15) is 10.4 Å². The monoisotopic (exact) mass is 320 g/mol. The van der Waals surface area contributed by atoms with Crippen LogP contribution in [-0.4, -0.2) is 30.1 Å². The molecular weight excluding hydrogens is 313 g/mol. The van der Waals surface area contributed by atoms with Crippen molar-refractivity contribution >= 4 is 17.5 Å². The number of thioether (sulfide) groups is 1. The van der Waals surface area contributed by atoms with Crippen molar-refractivity contribution in [2.45, 2.75) is 22.9 Å². The number of hydrogen-bond acceptors (Lipinski definition) is 2. The second kappa shape index (κ2) is 5.27. The summed E-state index contributed by atoms with van der Waals surface area (Å²) < 4.78 is 88.1. The summed E-state index contributed by atoms with van der Waals surface area (Å²) in [5, 5.41) is 0. The molecule has 0 atom stereocenters. The van der Waals surface area contributed by atoms with Gasteiger partial charge in [0, 0.05) is 10.5 Å². The summed E-state index contributed by atoms with van der Waals surface area (Å²) in [7, 11) is 0. The van der Waals surface area contributed by atoms with E-state index in [0.29, 0.717) is 0 Å². The van der Waals surface area contributed by atoms with Crippen molar-refractivity contribution < 1.29 is 35.5 Å². The summed E-state index contributed by atoms with van der Waals surface area (Å²) in [6.45, 7) is 0. The Morgan fingerprint density at radius 3 is 1.95 bits per heavy atom. The number of alkyl halides is 7. The molecule has 0 bridgehead atoms. The van der Waals surface area contributed by atoms with Crippen molar-refractivity contribution in [3.8, 4) is 0 Å². The van der Waals surface area contributed by atoms with Gasteiger partial charge in [-0.25, -0.2) is 0 Å². The normalized spacial score (nSPS) is 13.4. The summed E-state index contributed by atoms with van der Waals surface area (Å²) in [6, 6.07) is 4.37. The van der Waals surface area contributed by atoms with Crippen LogP contribution < -0.4 is 0 Å². The molecule has 0 aliphatic rings. The van der Waals surface area contributed by atoms with E-state index in [1.165, 1.54) is 18.4 Å². The predicted molar refractivity (Wildman–Crippen MR) is 58.5 cm³/mol. The van der Waals surface area contributed by atoms with E-state index in [1.807, 2.05) is 0 Å². The predicted octanol–water partition coefficient (Wildman–Crippen LogP) is 4.42. The Morgan fingerprint density at radius 2 is 1.50 bits per heavy atom. The van der Waals surface area contributed by atoms with Gasteiger partial charge in [0.2, 0.25) is 5.78 Å². The van der Waals surface area contributed by atoms with E-state index in [1.54, 1.807) is 0 Å². The van der Waals surface area contributed by atoms with Crippen molar-refractivity contribution in [3.63, 3.8) is 0 Å². The van der Waals surface area contributed by atoms with E-state index in [-0.39, 0.29) is 4.90 Å². The van der Waals surface area contributed by atoms with Crippen LogP contribution in [0.2, 0.25) is 0 Å². The van der Waals surface area contributed by atoms with Crippen molar-refractivity contribution in [2.24, 2.45) is 0 Å². The van der Waals surface area contributed by atoms with Gasteiger partial charge in [-0.2, -0.15) is 30.7 Å². The summed E-state index contributed by atoms with van der Waals surface area (Å²) in [4.78, 5) is 11.3. The molecule has 0 N–H and O–H groups in total. The molecule has 1 aromatic carbocycles. The first kappa shape index (κ1) is 16.8. The van der Waals surface area contributed by atoms with Gasteiger partial charge in [-0.15, -0.1) is 11.8 Å². The average Bonchev–Trinajstić information content (AvgIpc) is 2.36. The summed E-state index contributed by atoms with van der Waals surface area (Å²) >= 11 is 0.778. The molecule has 1 rings (SSSR count). The summed E-state index contributed by atoms with van der Waals surface area (Å²) in [5.74, 6) is -14.9. The standard InChI is InChI=1S/C11H7F7OS/c1-20-7-5-3-2-4-6(7)8(19)9(12,13)10(14,15)11(16,17)18/h2-5H,1H3. The Kier molecular flexibility index (Phi) is 4.42. The third-order valence-corrected chi connectivity index (χ3v) is 3.18. The molecule has 112 valence electrons. The highest BCUT2D eigenvalue weighted by molar-refractivity contribution is 7.98. The first-order valence-corrected chi connectivity index (χ1v) is 6.19. The molecule has 0 saturated heterocycles. The van der Waals surface area contributed by atoms with Crippen LogP contribution in [0.4, 0.5) is 30.7 Å². The average molecular weight is 320 g/mol. The fourth-order valence-electron chi connectivity index (χ4n) is 1.32. The van der Waals surface area contributed by atoms with Gasteiger partial charge in [-0.1, -0.05) is 18.2 Å². The number of carbonyl (C=O) groups is 1. The van der Waals surface area contributed by atoms with Crippen LogP contribution in [0.3, 0.4) is 0 Å². The number of halogens is 7. The van der Waals surface area contributed by atoms with E-state index in [0.717, 1.165) is 23.9 Å². The van der Waals surface area contributed by atoms with Crippen LogP contribution in [-0.2, 0) is 0 Å². The number of rotatable bonds is 4. The number of benzene rings is 1. The molecule has 1 aromatic rings. The lowest BCUT2D eigenvalue weighted by Crippen LogP contribution is -2.56. The van der Waals surface area contributed by atoms with Crippen LogP contribution >= 0.6 is 11.8 Å². The summed E-state index contributed by atoms with van der Waals surface area (Å²) in [5.41, 5.74) is -0.881. The Labute approximate surface area is 113 Å². The number of Topliss-reactive ketones (excluding diaryl/α,β-unsaturated/α-hetero) is 1. The zero-order chi connectivity index (χ0) is 15.8. The molecule has 0 fully saturated rings. The van der Waals surface area contributed by atoms with Crippen LogP contribution in [0.5, 0.6) is 0 Å². The molecule has 20 heavy (non-hydrogen) atoms. The summed E-state index contributed by atoms with van der Waals surface area (Å²) in [6.07, 6.45) is -5.16. The van der Waals surface area contributed by atoms with Gasteiger partial charge in [0.1, 0.15) is 0 Å². The maximum Gasteiger partial charge on any atom is 0.460 e. The maximum absolute atomic E-state index is 13.3. The Hall–Kier alpha value is -1.25. The first-order valence-electron chi connectivity index (χ1n) is 4.97. The molecule has 0 aliphatic heterocycles. The number of ketones is 1. The quantitative estimate of drug-likeness (QED) is 0.464. The van der Waals surface area contributed by atoms with Gasteiger partial charge >= 0.3 is 18.0 Å². The molecular formula is C11H7F7OS. The van der Waals surface area contributed by atoms with Crippen LogP contribution in [0, 0.1) is 0 Å². The molecule has 9 heteroatoms. The smallest absolute Gasteiger partial charge is 0.287 e. The third kappa shape index (κ3) is 2.63. The van der Waals surface area contributed by atoms with Gasteiger partial charge in [0.25, 0.3) is 0 Å². The Balaban J connectivity index is 3.32. The highest BCUT2D eigenvalue weighted by Crippen LogP contribution is 2.48. The van der Waals surface area contributed by atoms with E-state index in [2.05, 4.69) is 0 Å². The fourth-order valence-corrected chi connectivity index (χ4v) is 1.92. The van der Waals surface area contributed by atoms with E-state index in [9.17, 15) is 35.5 Å². The molecule has 0 aromatic heterocycles. The molecule has 0 radical (unpaired) electrons. The Bertz CT molecular complexity index is 510. The van der Waals surface area contributed by atoms with Gasteiger partial charge in [0.05, 0.1) is 0 Å². The molecule has 1 nitrogen and oxygen atoms in total. The molecule has 0 spiro atoms. The van der Waals surface area contributed by atoms with Gasteiger partial charge in [-0.05, 0) is 12.3 Å². The van der Waals surface area contributed by atoms with Gasteiger partial charge in [0.15, 0.2) is 0 Å². The fraction of sp³-hybridized carbons (Fsp3) is 0.364. The minimum absolute atomic E-state index is 0.116. The van der Waals surface area contributed by atoms with Crippen molar-refractivity contribution in [1.82, 2.24) is 0 Å². The largest absolute Gasteiger partial charge is 0.460 e. The SMILES string of the molecule is CSc1ccccc1C(=O)C(F)(F)C(F)(F)C(F)(F)F. The molecule has 0 aliphatic carbocycles. The lowest BCUT2D eigenvalue weighted by molar-refractivity contribution is -0.339. The van der Waals surface area contributed by atoms with Crippen molar-refractivity contribution in [2.75, 3.05) is 6.26 Å². The number of carbonyl (C=O) groups excluding carboxylic acids is 1. The second-order valence-electron chi connectivity index (χ2n) is 3.68. The minimum Gasteiger partial charge on any atom is -0.287 e. The van der Waals surface area contributed by atoms with Gasteiger partial charge in [-0.3, -0.25) is 4.79 Å². The maximum atomic E-state index is 13.3. The lowest BCUT2D eigenvalue weighted by atomic mass is 10.00. The minimum atomic E-state index is -6.53. The zero-order valence-electron chi connectivity index (χ0n) is 9.77. The van der Waals surface area contributed by atoms with Crippen molar-refractivity contribution in [1.29, 1.82) is 0 Å². The van der Waals surface area contributed by atoms with Crippen LogP contribution in [0.25, 0.3) is 0 Å². The molecule has 0 amide bonds. The number of hydrogen-bond donors (Lipinski definition) is 0. The highest BCUT2D eigenvalue weighted by atomic mass is 32.2. The third-order valence-electron chi connectivity index (χ3n) is 2.39. The lowest BCUT2D eigenvalue weighted by Gasteiger charge is -2.27.